The first-order chi connectivity index (χ1) is 6.68. The maximum atomic E-state index is 11.0. The van der Waals surface area contributed by atoms with Crippen molar-refractivity contribution in [2.24, 2.45) is 11.7 Å². The van der Waals surface area contributed by atoms with E-state index in [1.54, 1.807) is 0 Å². The van der Waals surface area contributed by atoms with E-state index >= 15 is 0 Å². The van der Waals surface area contributed by atoms with Gasteiger partial charge in [0.15, 0.2) is 0 Å². The Bertz CT molecular complexity index is 234. The van der Waals surface area contributed by atoms with E-state index < -0.39 is 0 Å². The predicted octanol–water partition coefficient (Wildman–Crippen LogP) is -1.87. The summed E-state index contributed by atoms with van der Waals surface area (Å²) in [5.74, 6) is -0.240. The van der Waals surface area contributed by atoms with Gasteiger partial charge in [0, 0.05) is 25.7 Å². The average Bonchev–Trinajstić information content (AvgIpc) is 2.71. The van der Waals surface area contributed by atoms with Gasteiger partial charge in [-0.15, -0.1) is 0 Å². The number of nitrogens with one attached hydrogen (secondary N) is 1. The Morgan fingerprint density at radius 3 is 2.79 bits per heavy atom. The molecule has 2 fully saturated rings. The lowest BCUT2D eigenvalue weighted by Gasteiger charge is -2.25. The Hall–Kier alpha value is -0.650. The highest BCUT2D eigenvalue weighted by molar-refractivity contribution is 5.77. The second-order valence-electron chi connectivity index (χ2n) is 4.18. The number of hydrogen-bond donors (Lipinski definition) is 3. The molecule has 0 aromatic carbocycles. The van der Waals surface area contributed by atoms with E-state index in [-0.39, 0.29) is 24.0 Å². The fourth-order valence-corrected chi connectivity index (χ4v) is 2.34. The monoisotopic (exact) mass is 199 g/mol. The van der Waals surface area contributed by atoms with Gasteiger partial charge < -0.3 is 16.2 Å². The molecule has 0 saturated carbocycles. The number of aliphatic hydroxyl groups is 1. The third-order valence-electron chi connectivity index (χ3n) is 3.24. The van der Waals surface area contributed by atoms with Crippen LogP contribution in [0.4, 0.5) is 0 Å². The number of aliphatic hydroxyl groups excluding tert-OH is 1. The third-order valence-corrected chi connectivity index (χ3v) is 3.24. The van der Waals surface area contributed by atoms with Crippen molar-refractivity contribution in [3.05, 3.63) is 0 Å². The number of nitrogens with two attached hydrogens (primary N) is 1. The zero-order valence-corrected chi connectivity index (χ0v) is 8.15. The first kappa shape index (κ1) is 9.89. The van der Waals surface area contributed by atoms with Gasteiger partial charge in [-0.3, -0.25) is 9.69 Å². The first-order valence-electron chi connectivity index (χ1n) is 5.10. The average molecular weight is 199 g/mol. The molecule has 4 N–H and O–H groups in total. The molecule has 3 unspecified atom stereocenters. The Labute approximate surface area is 83.3 Å². The summed E-state index contributed by atoms with van der Waals surface area (Å²) in [4.78, 5) is 13.1. The SMILES string of the molecule is NC(=O)C1CCN(C2CNCC2O)C1. The quantitative estimate of drug-likeness (QED) is 0.486. The van der Waals surface area contributed by atoms with Crippen molar-refractivity contribution in [3.8, 4) is 0 Å². The number of likely N-dealkylation sites (tertiary alicyclic amines) is 1. The van der Waals surface area contributed by atoms with Crippen LogP contribution < -0.4 is 11.1 Å². The highest BCUT2D eigenvalue weighted by Crippen LogP contribution is 2.21. The maximum absolute atomic E-state index is 11.0. The molecule has 0 aliphatic carbocycles. The van der Waals surface area contributed by atoms with E-state index in [0.29, 0.717) is 13.1 Å². The molecule has 2 saturated heterocycles. The van der Waals surface area contributed by atoms with E-state index in [2.05, 4.69) is 10.2 Å². The molecule has 3 atom stereocenters. The van der Waals surface area contributed by atoms with Crippen LogP contribution in [0.3, 0.4) is 0 Å². The zero-order chi connectivity index (χ0) is 10.1. The van der Waals surface area contributed by atoms with Crippen LogP contribution in [0.1, 0.15) is 6.42 Å². The van der Waals surface area contributed by atoms with Crippen molar-refractivity contribution in [1.82, 2.24) is 10.2 Å². The smallest absolute Gasteiger partial charge is 0.221 e. The van der Waals surface area contributed by atoms with Crippen LogP contribution in [0.25, 0.3) is 0 Å². The highest BCUT2D eigenvalue weighted by Gasteiger charge is 2.36. The predicted molar refractivity (Wildman–Crippen MR) is 51.5 cm³/mol. The normalized spacial score (nSPS) is 39.1. The van der Waals surface area contributed by atoms with Crippen LogP contribution in [-0.2, 0) is 4.79 Å². The summed E-state index contributed by atoms with van der Waals surface area (Å²) >= 11 is 0. The minimum Gasteiger partial charge on any atom is -0.390 e. The second kappa shape index (κ2) is 3.84. The summed E-state index contributed by atoms with van der Waals surface area (Å²) in [7, 11) is 0. The lowest BCUT2D eigenvalue weighted by molar-refractivity contribution is -0.121. The number of carbonyl (C=O) groups excluding carboxylic acids is 1. The van der Waals surface area contributed by atoms with Gasteiger partial charge in [0.25, 0.3) is 0 Å². The van der Waals surface area contributed by atoms with Gasteiger partial charge in [-0.1, -0.05) is 0 Å². The molecule has 5 heteroatoms. The molecule has 2 aliphatic heterocycles. The molecule has 14 heavy (non-hydrogen) atoms. The number of rotatable bonds is 2. The molecule has 5 nitrogen and oxygen atoms in total. The molecular formula is C9H17N3O2. The molecule has 0 aromatic rings. The Kier molecular flexibility index (Phi) is 2.71. The van der Waals surface area contributed by atoms with Crippen molar-refractivity contribution in [3.63, 3.8) is 0 Å². The standard InChI is InChI=1S/C9H17N3O2/c10-9(14)6-1-2-12(5-6)7-3-11-4-8(7)13/h6-8,11,13H,1-5H2,(H2,10,14). The molecular weight excluding hydrogens is 182 g/mol. The van der Waals surface area contributed by atoms with Crippen molar-refractivity contribution >= 4 is 5.91 Å². The van der Waals surface area contributed by atoms with Crippen LogP contribution in [-0.4, -0.2) is 54.2 Å². The van der Waals surface area contributed by atoms with E-state index in [1.807, 2.05) is 0 Å². The number of primary amides is 1. The first-order valence-corrected chi connectivity index (χ1v) is 5.10. The van der Waals surface area contributed by atoms with Crippen molar-refractivity contribution in [2.45, 2.75) is 18.6 Å². The Morgan fingerprint density at radius 2 is 2.29 bits per heavy atom. The summed E-state index contributed by atoms with van der Waals surface area (Å²) in [5.41, 5.74) is 5.25. The highest BCUT2D eigenvalue weighted by atomic mass is 16.3. The molecule has 2 aliphatic rings. The van der Waals surface area contributed by atoms with Crippen LogP contribution in [0.15, 0.2) is 0 Å². The largest absolute Gasteiger partial charge is 0.390 e. The van der Waals surface area contributed by atoms with E-state index in [4.69, 9.17) is 5.73 Å². The number of β-amino-alcohol motifs (C(OH)–C–C–N with tert-alkyl or cyclic N) is 1. The van der Waals surface area contributed by atoms with Gasteiger partial charge >= 0.3 is 0 Å². The summed E-state index contributed by atoms with van der Waals surface area (Å²) in [5, 5.41) is 12.8. The molecule has 2 heterocycles. The summed E-state index contributed by atoms with van der Waals surface area (Å²) < 4.78 is 0. The number of carbonyl (C=O) groups is 1. The van der Waals surface area contributed by atoms with Crippen LogP contribution >= 0.6 is 0 Å². The van der Waals surface area contributed by atoms with Crippen molar-refractivity contribution in [2.75, 3.05) is 26.2 Å². The van der Waals surface area contributed by atoms with Crippen LogP contribution in [0.2, 0.25) is 0 Å². The minimum absolute atomic E-state index is 0.0252. The lowest BCUT2D eigenvalue weighted by atomic mass is 10.1. The number of hydrogen-bond acceptors (Lipinski definition) is 4. The Balaban J connectivity index is 1.91. The second-order valence-corrected chi connectivity index (χ2v) is 4.18. The van der Waals surface area contributed by atoms with Crippen LogP contribution in [0.5, 0.6) is 0 Å². The fraction of sp³-hybridized carbons (Fsp3) is 0.889. The molecule has 80 valence electrons. The Morgan fingerprint density at radius 1 is 1.50 bits per heavy atom. The molecule has 1 amide bonds. The molecule has 0 spiro atoms. The molecule has 0 bridgehead atoms. The van der Waals surface area contributed by atoms with Gasteiger partial charge in [0.1, 0.15) is 0 Å². The van der Waals surface area contributed by atoms with E-state index in [0.717, 1.165) is 19.5 Å². The third kappa shape index (κ3) is 1.75. The van der Waals surface area contributed by atoms with Crippen LogP contribution in [0, 0.1) is 5.92 Å². The topological polar surface area (TPSA) is 78.6 Å². The van der Waals surface area contributed by atoms with Gasteiger partial charge in [0.2, 0.25) is 5.91 Å². The summed E-state index contributed by atoms with van der Waals surface area (Å²) in [6.07, 6.45) is 0.528. The molecule has 0 aromatic heterocycles. The molecule has 2 rings (SSSR count). The minimum atomic E-state index is -0.304. The van der Waals surface area contributed by atoms with Gasteiger partial charge in [0.05, 0.1) is 12.0 Å². The molecule has 0 radical (unpaired) electrons. The number of nitrogens with zero attached hydrogens (tertiary/aromatic N) is 1. The summed E-state index contributed by atoms with van der Waals surface area (Å²) in [6, 6.07) is 0.166. The van der Waals surface area contributed by atoms with Gasteiger partial charge in [-0.05, 0) is 13.0 Å². The van der Waals surface area contributed by atoms with Crippen molar-refractivity contribution < 1.29 is 9.90 Å². The van der Waals surface area contributed by atoms with Crippen molar-refractivity contribution in [1.29, 1.82) is 0 Å². The van der Waals surface area contributed by atoms with E-state index in [9.17, 15) is 9.90 Å². The fourth-order valence-electron chi connectivity index (χ4n) is 2.34. The van der Waals surface area contributed by atoms with Gasteiger partial charge in [-0.25, -0.2) is 0 Å². The maximum Gasteiger partial charge on any atom is 0.221 e. The van der Waals surface area contributed by atoms with E-state index in [1.165, 1.54) is 0 Å². The zero-order valence-electron chi connectivity index (χ0n) is 8.15. The van der Waals surface area contributed by atoms with Gasteiger partial charge in [-0.2, -0.15) is 0 Å². The lowest BCUT2D eigenvalue weighted by Crippen LogP contribution is -2.42. The summed E-state index contributed by atoms with van der Waals surface area (Å²) in [6.45, 7) is 3.05. The number of amides is 1.